The lowest BCUT2D eigenvalue weighted by Crippen LogP contribution is -2.55. The van der Waals surface area contributed by atoms with E-state index in [9.17, 15) is 19.5 Å². The van der Waals surface area contributed by atoms with Gasteiger partial charge in [-0.1, -0.05) is 37.3 Å². The summed E-state index contributed by atoms with van der Waals surface area (Å²) in [5.41, 5.74) is 0.758. The molecule has 0 aliphatic heterocycles. The summed E-state index contributed by atoms with van der Waals surface area (Å²) in [5.74, 6) is -2.04. The number of benzene rings is 1. The first-order valence-electron chi connectivity index (χ1n) is 8.26. The highest BCUT2D eigenvalue weighted by Crippen LogP contribution is 2.09. The first-order chi connectivity index (χ1) is 12.9. The van der Waals surface area contributed by atoms with Gasteiger partial charge in [0.15, 0.2) is 0 Å². The van der Waals surface area contributed by atoms with Crippen molar-refractivity contribution in [3.05, 3.63) is 35.9 Å². The Morgan fingerprint density at radius 2 is 1.89 bits per heavy atom. The number of amides is 2. The van der Waals surface area contributed by atoms with Gasteiger partial charge >= 0.3 is 12.1 Å². The Bertz CT molecular complexity index is 673. The Morgan fingerprint density at radius 1 is 1.22 bits per heavy atom. The first-order valence-corrected chi connectivity index (χ1v) is 8.26. The third kappa shape index (κ3) is 7.33. The van der Waals surface area contributed by atoms with Gasteiger partial charge in [-0.3, -0.25) is 4.79 Å². The van der Waals surface area contributed by atoms with Crippen molar-refractivity contribution in [3.63, 3.8) is 0 Å². The minimum atomic E-state index is -1.32. The van der Waals surface area contributed by atoms with Gasteiger partial charge in [-0.15, -0.1) is 0 Å². The molecule has 9 heteroatoms. The van der Waals surface area contributed by atoms with Crippen molar-refractivity contribution in [2.24, 2.45) is 5.92 Å². The van der Waals surface area contributed by atoms with Gasteiger partial charge in [0, 0.05) is 12.3 Å². The molecule has 0 aliphatic rings. The van der Waals surface area contributed by atoms with E-state index in [1.54, 1.807) is 31.2 Å². The number of aliphatic hydroxyl groups is 1. The van der Waals surface area contributed by atoms with Crippen LogP contribution in [0.1, 0.15) is 18.9 Å². The summed E-state index contributed by atoms with van der Waals surface area (Å²) in [6, 6.07) is 8.43. The van der Waals surface area contributed by atoms with Crippen LogP contribution < -0.4 is 10.6 Å². The van der Waals surface area contributed by atoms with Crippen molar-refractivity contribution >= 4 is 18.0 Å². The molecular weight excluding hydrogens is 354 g/mol. The molecule has 0 heterocycles. The normalized spacial score (nSPS) is 13.4. The largest absolute Gasteiger partial charge is 0.467 e. The molecule has 1 rings (SSSR count). The van der Waals surface area contributed by atoms with Crippen LogP contribution >= 0.6 is 0 Å². The molecule has 0 radical (unpaired) electrons. The molecule has 0 fully saturated rings. The lowest BCUT2D eigenvalue weighted by atomic mass is 9.98. The zero-order chi connectivity index (χ0) is 20.2. The van der Waals surface area contributed by atoms with E-state index in [1.807, 2.05) is 12.1 Å². The van der Waals surface area contributed by atoms with Gasteiger partial charge in [-0.2, -0.15) is 5.26 Å². The van der Waals surface area contributed by atoms with Crippen LogP contribution in [-0.2, 0) is 25.7 Å². The molecule has 3 N–H and O–H groups in total. The average molecular weight is 377 g/mol. The second-order valence-electron chi connectivity index (χ2n) is 5.79. The molecule has 9 nitrogen and oxygen atoms in total. The third-order valence-electron chi connectivity index (χ3n) is 3.74. The summed E-state index contributed by atoms with van der Waals surface area (Å²) in [7, 11) is 1.16. The predicted octanol–water partition coefficient (Wildman–Crippen LogP) is 0.481. The molecule has 0 bridgehead atoms. The summed E-state index contributed by atoms with van der Waals surface area (Å²) in [6.07, 6.45) is -0.885. The highest BCUT2D eigenvalue weighted by atomic mass is 16.5. The molecule has 3 atom stereocenters. The molecule has 27 heavy (non-hydrogen) atoms. The minimum absolute atomic E-state index is 0.00354. The molecule has 146 valence electrons. The summed E-state index contributed by atoms with van der Waals surface area (Å²) < 4.78 is 9.62. The number of methoxy groups -OCH3 is 1. The van der Waals surface area contributed by atoms with Crippen LogP contribution in [0.2, 0.25) is 0 Å². The standard InChI is InChI=1S/C18H23N3O6/c1-12(8-9-19)15(17(24)26-2)21-16(23)14(10-22)20-18(25)27-11-13-6-4-3-5-7-13/h3-7,12,14-15,22H,8,10-11H2,1-2H3,(H,20,25)(H,21,23)/t12-,14-,15+/m0/s1. The van der Waals surface area contributed by atoms with E-state index >= 15 is 0 Å². The molecule has 2 amide bonds. The summed E-state index contributed by atoms with van der Waals surface area (Å²) in [6.45, 7) is 0.893. The van der Waals surface area contributed by atoms with Crippen molar-refractivity contribution in [2.45, 2.75) is 32.0 Å². The topological polar surface area (TPSA) is 138 Å². The Morgan fingerprint density at radius 3 is 2.44 bits per heavy atom. The number of hydrogen-bond acceptors (Lipinski definition) is 7. The Hall–Kier alpha value is -3.12. The number of nitriles is 1. The lowest BCUT2D eigenvalue weighted by molar-refractivity contribution is -0.146. The molecule has 0 saturated heterocycles. The van der Waals surface area contributed by atoms with Crippen molar-refractivity contribution in [2.75, 3.05) is 13.7 Å². The second kappa shape index (κ2) is 11.5. The van der Waals surface area contributed by atoms with Crippen molar-refractivity contribution in [3.8, 4) is 6.07 Å². The van der Waals surface area contributed by atoms with Crippen LogP contribution in [0.4, 0.5) is 4.79 Å². The number of carbonyl (C=O) groups excluding carboxylic acids is 3. The van der Waals surface area contributed by atoms with Crippen LogP contribution in [0, 0.1) is 17.2 Å². The van der Waals surface area contributed by atoms with Crippen molar-refractivity contribution in [1.82, 2.24) is 10.6 Å². The van der Waals surface area contributed by atoms with Crippen LogP contribution in [0.3, 0.4) is 0 Å². The summed E-state index contributed by atoms with van der Waals surface area (Å²) in [5, 5.41) is 22.8. The lowest BCUT2D eigenvalue weighted by Gasteiger charge is -2.24. The monoisotopic (exact) mass is 377 g/mol. The van der Waals surface area contributed by atoms with Gasteiger partial charge in [0.05, 0.1) is 19.8 Å². The smallest absolute Gasteiger partial charge is 0.408 e. The molecular formula is C18H23N3O6. The van der Waals surface area contributed by atoms with E-state index in [2.05, 4.69) is 15.4 Å². The zero-order valence-electron chi connectivity index (χ0n) is 15.2. The number of esters is 1. The van der Waals surface area contributed by atoms with Crippen molar-refractivity contribution in [1.29, 1.82) is 5.26 Å². The van der Waals surface area contributed by atoms with Gasteiger partial charge in [-0.25, -0.2) is 9.59 Å². The molecule has 0 aromatic heterocycles. The first kappa shape index (κ1) is 21.9. The summed E-state index contributed by atoms with van der Waals surface area (Å²) >= 11 is 0. The zero-order valence-corrected chi connectivity index (χ0v) is 15.2. The van der Waals surface area contributed by atoms with E-state index in [0.29, 0.717) is 0 Å². The fourth-order valence-corrected chi connectivity index (χ4v) is 2.18. The quantitative estimate of drug-likeness (QED) is 0.532. The van der Waals surface area contributed by atoms with Crippen LogP contribution in [0.15, 0.2) is 30.3 Å². The maximum Gasteiger partial charge on any atom is 0.408 e. The molecule has 0 spiro atoms. The van der Waals surface area contributed by atoms with Crippen LogP contribution in [0.25, 0.3) is 0 Å². The van der Waals surface area contributed by atoms with E-state index < -0.39 is 42.6 Å². The highest BCUT2D eigenvalue weighted by molar-refractivity contribution is 5.89. The van der Waals surface area contributed by atoms with E-state index in [1.165, 1.54) is 0 Å². The Balaban J connectivity index is 2.64. The van der Waals surface area contributed by atoms with Gasteiger partial charge in [0.2, 0.25) is 5.91 Å². The number of aliphatic hydroxyl groups excluding tert-OH is 1. The van der Waals surface area contributed by atoms with E-state index in [4.69, 9.17) is 10.00 Å². The number of hydrogen-bond donors (Lipinski definition) is 3. The molecule has 1 aromatic carbocycles. The number of carbonyl (C=O) groups is 3. The van der Waals surface area contributed by atoms with Crippen LogP contribution in [-0.4, -0.2) is 48.9 Å². The molecule has 1 aromatic rings. The van der Waals surface area contributed by atoms with Crippen LogP contribution in [0.5, 0.6) is 0 Å². The van der Waals surface area contributed by atoms with Crippen molar-refractivity contribution < 1.29 is 29.0 Å². The van der Waals surface area contributed by atoms with Gasteiger partial charge in [0.1, 0.15) is 18.7 Å². The third-order valence-corrected chi connectivity index (χ3v) is 3.74. The number of alkyl carbamates (subject to hydrolysis) is 1. The minimum Gasteiger partial charge on any atom is -0.467 e. The van der Waals surface area contributed by atoms with E-state index in [0.717, 1.165) is 12.7 Å². The van der Waals surface area contributed by atoms with Gasteiger partial charge in [0.25, 0.3) is 0 Å². The predicted molar refractivity (Wildman–Crippen MR) is 94.0 cm³/mol. The Kier molecular flexibility index (Phi) is 9.33. The average Bonchev–Trinajstić information content (AvgIpc) is 2.68. The molecule has 0 aliphatic carbocycles. The molecule has 0 unspecified atom stereocenters. The van der Waals surface area contributed by atoms with Gasteiger partial charge in [-0.05, 0) is 5.56 Å². The number of nitrogens with one attached hydrogen (secondary N) is 2. The van der Waals surface area contributed by atoms with Gasteiger partial charge < -0.3 is 25.2 Å². The number of rotatable bonds is 9. The highest BCUT2D eigenvalue weighted by Gasteiger charge is 2.31. The summed E-state index contributed by atoms with van der Waals surface area (Å²) in [4.78, 5) is 36.0. The Labute approximate surface area is 157 Å². The maximum atomic E-state index is 12.3. The maximum absolute atomic E-state index is 12.3. The fourth-order valence-electron chi connectivity index (χ4n) is 2.18. The number of nitrogens with zero attached hydrogens (tertiary/aromatic N) is 1. The number of ether oxygens (including phenoxy) is 2. The SMILES string of the molecule is COC(=O)[C@H](NC(=O)[C@H](CO)NC(=O)OCc1ccccc1)[C@@H](C)CC#N. The second-order valence-corrected chi connectivity index (χ2v) is 5.79. The fraction of sp³-hybridized carbons (Fsp3) is 0.444. The molecule has 0 saturated carbocycles. The van der Waals surface area contributed by atoms with E-state index in [-0.39, 0.29) is 13.0 Å².